The van der Waals surface area contributed by atoms with Gasteiger partial charge in [-0.3, -0.25) is 10.3 Å². The highest BCUT2D eigenvalue weighted by Crippen LogP contribution is 2.40. The molecular formula is C23H27N7O2. The summed E-state index contributed by atoms with van der Waals surface area (Å²) in [5.41, 5.74) is 9.00. The molecular weight excluding hydrogens is 406 g/mol. The molecule has 3 N–H and O–H groups in total. The van der Waals surface area contributed by atoms with Crippen molar-refractivity contribution in [3.8, 4) is 5.75 Å². The van der Waals surface area contributed by atoms with Gasteiger partial charge in [-0.2, -0.15) is 0 Å². The molecule has 32 heavy (non-hydrogen) atoms. The van der Waals surface area contributed by atoms with E-state index in [1.807, 2.05) is 18.2 Å². The molecule has 2 fully saturated rings. The second-order valence-electron chi connectivity index (χ2n) is 8.68. The van der Waals surface area contributed by atoms with E-state index in [1.165, 1.54) is 12.7 Å². The Balaban J connectivity index is 1.28. The first-order chi connectivity index (χ1) is 15.5. The van der Waals surface area contributed by atoms with Crippen LogP contribution in [0.2, 0.25) is 0 Å². The molecule has 1 saturated carbocycles. The summed E-state index contributed by atoms with van der Waals surface area (Å²) in [6.45, 7) is 6.35. The molecule has 0 spiro atoms. The zero-order valence-electron chi connectivity index (χ0n) is 18.1. The highest BCUT2D eigenvalue weighted by molar-refractivity contribution is 6.13. The molecule has 0 amide bonds. The van der Waals surface area contributed by atoms with Gasteiger partial charge in [-0.15, -0.1) is 0 Å². The number of nitrogens with one attached hydrogen (secondary N) is 1. The summed E-state index contributed by atoms with van der Waals surface area (Å²) in [6, 6.07) is 7.36. The molecule has 0 radical (unpaired) electrons. The number of benzene rings is 1. The first-order valence-corrected chi connectivity index (χ1v) is 10.8. The van der Waals surface area contributed by atoms with Gasteiger partial charge < -0.3 is 19.8 Å². The molecule has 2 aromatic heterocycles. The fourth-order valence-electron chi connectivity index (χ4n) is 3.85. The Kier molecular flexibility index (Phi) is 5.26. The molecule has 9 nitrogen and oxygen atoms in total. The van der Waals surface area contributed by atoms with E-state index in [0.717, 1.165) is 62.8 Å². The van der Waals surface area contributed by atoms with Crippen LogP contribution in [-0.2, 0) is 6.54 Å². The van der Waals surface area contributed by atoms with Gasteiger partial charge in [-0.1, -0.05) is 0 Å². The molecule has 2 aliphatic rings. The summed E-state index contributed by atoms with van der Waals surface area (Å²) in [4.78, 5) is 17.6. The van der Waals surface area contributed by atoms with Crippen molar-refractivity contribution in [2.75, 3.05) is 36.8 Å². The minimum absolute atomic E-state index is 0.0898. The van der Waals surface area contributed by atoms with E-state index in [4.69, 9.17) is 20.3 Å². The number of ether oxygens (including phenoxy) is 1. The van der Waals surface area contributed by atoms with Crippen molar-refractivity contribution < 1.29 is 9.15 Å². The quantitative estimate of drug-likeness (QED) is 0.431. The van der Waals surface area contributed by atoms with Gasteiger partial charge in [0.1, 0.15) is 29.8 Å². The lowest BCUT2D eigenvalue weighted by atomic mass is 10.0. The fraction of sp³-hybridized carbons (Fsp3) is 0.391. The molecule has 0 atom stereocenters. The second kappa shape index (κ2) is 8.23. The average Bonchev–Trinajstić information content (AvgIpc) is 3.30. The number of oxazole rings is 1. The van der Waals surface area contributed by atoms with Crippen LogP contribution in [0.1, 0.15) is 36.7 Å². The standard InChI is InChI=1S/C23H27N7O2/c1-23(4-5-23)32-17-2-3-19(24)18(10-17)22(25)20-11-21(27-14-26-20)30-8-6-29(7-9-30)12-16-13-31-15-28-16/h2-3,10-11,13-15,25H,4-9,12,24H2,1H3. The van der Waals surface area contributed by atoms with Crippen molar-refractivity contribution in [3.63, 3.8) is 0 Å². The lowest BCUT2D eigenvalue weighted by Gasteiger charge is -2.35. The van der Waals surface area contributed by atoms with Crippen molar-refractivity contribution in [1.29, 1.82) is 5.41 Å². The van der Waals surface area contributed by atoms with E-state index < -0.39 is 0 Å². The number of nitrogens with two attached hydrogens (primary N) is 1. The minimum Gasteiger partial charge on any atom is -0.488 e. The van der Waals surface area contributed by atoms with Gasteiger partial charge in [0.15, 0.2) is 6.39 Å². The third kappa shape index (κ3) is 4.43. The SMILES string of the molecule is CC1(Oc2ccc(N)c(C(=N)c3cc(N4CCN(Cc5cocn5)CC4)ncn3)c2)CC1. The van der Waals surface area contributed by atoms with E-state index in [2.05, 4.69) is 31.7 Å². The predicted octanol–water partition coefficient (Wildman–Crippen LogP) is 2.72. The van der Waals surface area contributed by atoms with E-state index >= 15 is 0 Å². The molecule has 1 aliphatic carbocycles. The van der Waals surface area contributed by atoms with Crippen LogP contribution in [-0.4, -0.2) is 57.3 Å². The normalized spacial score (nSPS) is 17.8. The van der Waals surface area contributed by atoms with Gasteiger partial charge in [-0.05, 0) is 38.0 Å². The van der Waals surface area contributed by atoms with Crippen LogP contribution < -0.4 is 15.4 Å². The number of piperazine rings is 1. The Morgan fingerprint density at radius 2 is 1.97 bits per heavy atom. The zero-order chi connectivity index (χ0) is 22.1. The largest absolute Gasteiger partial charge is 0.488 e. The number of hydrogen-bond donors (Lipinski definition) is 2. The summed E-state index contributed by atoms with van der Waals surface area (Å²) in [6.07, 6.45) is 6.76. The van der Waals surface area contributed by atoms with E-state index in [9.17, 15) is 0 Å². The zero-order valence-corrected chi connectivity index (χ0v) is 18.1. The van der Waals surface area contributed by atoms with E-state index in [-0.39, 0.29) is 11.3 Å². The summed E-state index contributed by atoms with van der Waals surface area (Å²) >= 11 is 0. The Morgan fingerprint density at radius 3 is 2.69 bits per heavy atom. The van der Waals surface area contributed by atoms with Crippen molar-refractivity contribution >= 4 is 17.2 Å². The van der Waals surface area contributed by atoms with Crippen LogP contribution in [0.25, 0.3) is 0 Å². The molecule has 166 valence electrons. The Morgan fingerprint density at radius 1 is 1.16 bits per heavy atom. The second-order valence-corrected chi connectivity index (χ2v) is 8.68. The van der Waals surface area contributed by atoms with Crippen LogP contribution in [0.4, 0.5) is 11.5 Å². The summed E-state index contributed by atoms with van der Waals surface area (Å²) in [5.74, 6) is 1.55. The Hall–Kier alpha value is -3.46. The van der Waals surface area contributed by atoms with Crippen LogP contribution in [0.3, 0.4) is 0 Å². The molecule has 1 aromatic carbocycles. The van der Waals surface area contributed by atoms with E-state index in [1.54, 1.807) is 12.3 Å². The minimum atomic E-state index is -0.0898. The smallest absolute Gasteiger partial charge is 0.180 e. The summed E-state index contributed by atoms with van der Waals surface area (Å²) in [7, 11) is 0. The third-order valence-corrected chi connectivity index (χ3v) is 6.09. The average molecular weight is 434 g/mol. The van der Waals surface area contributed by atoms with Gasteiger partial charge in [0.05, 0.1) is 17.1 Å². The van der Waals surface area contributed by atoms with Gasteiger partial charge >= 0.3 is 0 Å². The van der Waals surface area contributed by atoms with Crippen LogP contribution in [0, 0.1) is 5.41 Å². The molecule has 3 aromatic rings. The van der Waals surface area contributed by atoms with Gasteiger partial charge in [-0.25, -0.2) is 15.0 Å². The van der Waals surface area contributed by atoms with Crippen LogP contribution >= 0.6 is 0 Å². The molecule has 9 heteroatoms. The number of rotatable bonds is 7. The van der Waals surface area contributed by atoms with Crippen molar-refractivity contribution in [1.82, 2.24) is 19.9 Å². The number of hydrogen-bond acceptors (Lipinski definition) is 9. The molecule has 1 aliphatic heterocycles. The number of nitrogen functional groups attached to an aromatic ring is 1. The van der Waals surface area contributed by atoms with Gasteiger partial charge in [0.25, 0.3) is 0 Å². The Bertz CT molecular complexity index is 1100. The number of anilines is 2. The van der Waals surface area contributed by atoms with Crippen LogP contribution in [0.15, 0.2) is 47.7 Å². The van der Waals surface area contributed by atoms with Gasteiger partial charge in [0.2, 0.25) is 0 Å². The summed E-state index contributed by atoms with van der Waals surface area (Å²) < 4.78 is 11.1. The number of aromatic nitrogens is 3. The molecule has 0 bridgehead atoms. The molecule has 1 saturated heterocycles. The van der Waals surface area contributed by atoms with Crippen molar-refractivity contribution in [2.45, 2.75) is 31.9 Å². The summed E-state index contributed by atoms with van der Waals surface area (Å²) in [5, 5.41) is 8.74. The third-order valence-electron chi connectivity index (χ3n) is 6.09. The highest BCUT2D eigenvalue weighted by Gasteiger charge is 2.40. The van der Waals surface area contributed by atoms with Gasteiger partial charge in [0, 0.05) is 50.0 Å². The monoisotopic (exact) mass is 433 g/mol. The maximum absolute atomic E-state index is 8.74. The molecule has 0 unspecified atom stereocenters. The first-order valence-electron chi connectivity index (χ1n) is 10.8. The first kappa shape index (κ1) is 20.4. The topological polar surface area (TPSA) is 117 Å². The lowest BCUT2D eigenvalue weighted by Crippen LogP contribution is -2.46. The van der Waals surface area contributed by atoms with Crippen molar-refractivity contribution in [3.05, 3.63) is 60.2 Å². The lowest BCUT2D eigenvalue weighted by molar-refractivity contribution is 0.200. The van der Waals surface area contributed by atoms with Crippen molar-refractivity contribution in [2.24, 2.45) is 0 Å². The molecule has 5 rings (SSSR count). The maximum atomic E-state index is 8.74. The Labute approximate surface area is 186 Å². The predicted molar refractivity (Wildman–Crippen MR) is 121 cm³/mol. The number of nitrogens with zero attached hydrogens (tertiary/aromatic N) is 5. The maximum Gasteiger partial charge on any atom is 0.180 e. The highest BCUT2D eigenvalue weighted by atomic mass is 16.5. The molecule has 3 heterocycles. The van der Waals surface area contributed by atoms with E-state index in [0.29, 0.717) is 16.9 Å². The fourth-order valence-corrected chi connectivity index (χ4v) is 3.85. The van der Waals surface area contributed by atoms with Crippen LogP contribution in [0.5, 0.6) is 5.75 Å².